The first-order chi connectivity index (χ1) is 13.6. The summed E-state index contributed by atoms with van der Waals surface area (Å²) in [6, 6.07) is 5.97. The summed E-state index contributed by atoms with van der Waals surface area (Å²) in [5, 5.41) is 0.595. The van der Waals surface area contributed by atoms with Crippen LogP contribution in [-0.4, -0.2) is 43.4 Å². The van der Waals surface area contributed by atoms with Crippen LogP contribution in [0.1, 0.15) is 10.4 Å². The van der Waals surface area contributed by atoms with Gasteiger partial charge in [-0.15, -0.1) is 13.2 Å². The molecule has 2 aromatic heterocycles. The molecule has 0 aliphatic carbocycles. The number of alkyl halides is 3. The number of aromatic amines is 1. The largest absolute Gasteiger partial charge is 0.574 e. The number of anilines is 1. The Hall–Kier alpha value is -2.98. The molecule has 7 nitrogen and oxygen atoms in total. The fourth-order valence-electron chi connectivity index (χ4n) is 2.76. The number of nitrogens with zero attached hydrogens (tertiary/aromatic N) is 2. The number of hydrogen-bond donors (Lipinski definition) is 2. The van der Waals surface area contributed by atoms with Crippen molar-refractivity contribution in [3.63, 3.8) is 0 Å². The summed E-state index contributed by atoms with van der Waals surface area (Å²) in [5.41, 5.74) is 3.20. The topological polar surface area (TPSA) is 79.5 Å². The molecule has 29 heavy (non-hydrogen) atoms. The smallest absolute Gasteiger partial charge is 0.387 e. The quantitative estimate of drug-likeness (QED) is 0.597. The number of aromatic nitrogens is 2. The van der Waals surface area contributed by atoms with Gasteiger partial charge in [-0.05, 0) is 24.3 Å². The van der Waals surface area contributed by atoms with E-state index in [0.717, 1.165) is 0 Å². The molecule has 1 aromatic carbocycles. The number of ether oxygens (including phenoxy) is 1. The van der Waals surface area contributed by atoms with E-state index >= 15 is 0 Å². The van der Waals surface area contributed by atoms with E-state index in [4.69, 9.17) is 11.6 Å². The van der Waals surface area contributed by atoms with Crippen molar-refractivity contribution < 1.29 is 27.5 Å². The normalized spacial score (nSPS) is 11.6. The van der Waals surface area contributed by atoms with Crippen molar-refractivity contribution in [1.29, 1.82) is 0 Å². The molecule has 2 heterocycles. The number of carbonyl (C=O) groups excluding carboxylic acids is 1. The molecule has 3 rings (SSSR count). The van der Waals surface area contributed by atoms with Gasteiger partial charge in [0.05, 0.1) is 17.7 Å². The summed E-state index contributed by atoms with van der Waals surface area (Å²) >= 11 is 6.31. The van der Waals surface area contributed by atoms with Crippen molar-refractivity contribution in [2.24, 2.45) is 0 Å². The van der Waals surface area contributed by atoms with E-state index in [1.807, 2.05) is 0 Å². The number of carbonyl (C=O) groups is 1. The molecule has 0 atom stereocenters. The molecule has 3 aromatic rings. The SMILES string of the molecule is CONC(=O)c1c[nH]c2cc(Cl)c(-c3ccc(N(C)C)nc3OC(F)(F)F)cc12. The number of halogens is 4. The lowest BCUT2D eigenvalue weighted by atomic mass is 10.0. The van der Waals surface area contributed by atoms with Crippen LogP contribution >= 0.6 is 11.6 Å². The van der Waals surface area contributed by atoms with Crippen molar-refractivity contribution in [2.45, 2.75) is 6.36 Å². The lowest BCUT2D eigenvalue weighted by Gasteiger charge is -2.17. The molecule has 0 saturated heterocycles. The van der Waals surface area contributed by atoms with Crippen LogP contribution < -0.4 is 15.1 Å². The number of benzene rings is 1. The van der Waals surface area contributed by atoms with Gasteiger partial charge in [0.2, 0.25) is 5.88 Å². The fraction of sp³-hybridized carbons (Fsp3) is 0.222. The van der Waals surface area contributed by atoms with Gasteiger partial charge in [-0.2, -0.15) is 4.98 Å². The molecule has 0 bridgehead atoms. The first kappa shape index (κ1) is 20.7. The van der Waals surface area contributed by atoms with Gasteiger partial charge in [0.25, 0.3) is 5.91 Å². The van der Waals surface area contributed by atoms with Gasteiger partial charge in [-0.3, -0.25) is 9.63 Å². The van der Waals surface area contributed by atoms with Gasteiger partial charge in [-0.25, -0.2) is 5.48 Å². The molecule has 154 valence electrons. The monoisotopic (exact) mass is 428 g/mol. The summed E-state index contributed by atoms with van der Waals surface area (Å²) in [6.45, 7) is 0. The predicted octanol–water partition coefficient (Wildman–Crippen LogP) is 4.14. The number of pyridine rings is 1. The van der Waals surface area contributed by atoms with E-state index < -0.39 is 18.1 Å². The lowest BCUT2D eigenvalue weighted by molar-refractivity contribution is -0.275. The molecule has 0 radical (unpaired) electrons. The standard InChI is InChI=1S/C18H16ClF3N4O3/c1-26(2)15-5-4-9(17(24-15)29-18(20,21)22)10-6-11-12(16(27)25-28-3)8-23-14(11)7-13(10)19/h4-8,23H,1-3H3,(H,25,27). The Balaban J connectivity index is 2.20. The Labute approximate surface area is 168 Å². The van der Waals surface area contributed by atoms with Crippen LogP contribution in [0.3, 0.4) is 0 Å². The van der Waals surface area contributed by atoms with E-state index in [1.54, 1.807) is 14.1 Å². The van der Waals surface area contributed by atoms with Crippen LogP contribution in [0.5, 0.6) is 5.88 Å². The second-order valence-electron chi connectivity index (χ2n) is 6.18. The molecule has 0 aliphatic rings. The summed E-state index contributed by atoms with van der Waals surface area (Å²) < 4.78 is 43.0. The summed E-state index contributed by atoms with van der Waals surface area (Å²) in [5.74, 6) is -0.907. The highest BCUT2D eigenvalue weighted by molar-refractivity contribution is 6.34. The van der Waals surface area contributed by atoms with E-state index in [0.29, 0.717) is 10.9 Å². The third-order valence-corrected chi connectivity index (χ3v) is 4.33. The van der Waals surface area contributed by atoms with E-state index in [1.165, 1.54) is 42.5 Å². The van der Waals surface area contributed by atoms with Crippen LogP contribution in [0.4, 0.5) is 19.0 Å². The Kier molecular flexibility index (Phi) is 5.58. The van der Waals surface area contributed by atoms with Crippen LogP contribution in [0.25, 0.3) is 22.0 Å². The maximum Gasteiger partial charge on any atom is 0.574 e. The number of fused-ring (bicyclic) bond motifs is 1. The molecule has 0 aliphatic heterocycles. The first-order valence-corrected chi connectivity index (χ1v) is 8.57. The average Bonchev–Trinajstić information content (AvgIpc) is 3.02. The Morgan fingerprint density at radius 1 is 1.24 bits per heavy atom. The van der Waals surface area contributed by atoms with E-state index in [9.17, 15) is 18.0 Å². The van der Waals surface area contributed by atoms with E-state index in [2.05, 4.69) is 25.0 Å². The summed E-state index contributed by atoms with van der Waals surface area (Å²) in [7, 11) is 4.56. The fourth-order valence-corrected chi connectivity index (χ4v) is 3.02. The molecule has 0 saturated carbocycles. The minimum absolute atomic E-state index is 0.0270. The first-order valence-electron chi connectivity index (χ1n) is 8.19. The number of H-pyrrole nitrogens is 1. The number of nitrogens with one attached hydrogen (secondary N) is 2. The Morgan fingerprint density at radius 2 is 1.97 bits per heavy atom. The molecule has 11 heteroatoms. The number of rotatable bonds is 5. The molecule has 2 N–H and O–H groups in total. The van der Waals surface area contributed by atoms with Gasteiger partial charge < -0.3 is 14.6 Å². The highest BCUT2D eigenvalue weighted by Crippen LogP contribution is 2.39. The van der Waals surface area contributed by atoms with Crippen molar-refractivity contribution in [2.75, 3.05) is 26.1 Å². The van der Waals surface area contributed by atoms with E-state index in [-0.39, 0.29) is 27.5 Å². The average molecular weight is 429 g/mol. The van der Waals surface area contributed by atoms with Crippen molar-refractivity contribution in [3.8, 4) is 17.0 Å². The van der Waals surface area contributed by atoms with Gasteiger partial charge in [0.15, 0.2) is 0 Å². The zero-order valence-corrected chi connectivity index (χ0v) is 16.3. The third kappa shape index (κ3) is 4.38. The summed E-state index contributed by atoms with van der Waals surface area (Å²) in [6.07, 6.45) is -3.50. The maximum absolute atomic E-state index is 12.9. The zero-order chi connectivity index (χ0) is 21.3. The molecule has 0 spiro atoms. The van der Waals surface area contributed by atoms with Crippen LogP contribution in [0.2, 0.25) is 5.02 Å². The number of hydrogen-bond acceptors (Lipinski definition) is 5. The van der Waals surface area contributed by atoms with Gasteiger partial charge in [0.1, 0.15) is 5.82 Å². The van der Waals surface area contributed by atoms with Crippen molar-refractivity contribution >= 4 is 34.2 Å². The molecular formula is C18H16ClF3N4O3. The predicted molar refractivity (Wildman–Crippen MR) is 102 cm³/mol. The number of hydroxylamine groups is 1. The molecular weight excluding hydrogens is 413 g/mol. The van der Waals surface area contributed by atoms with Crippen LogP contribution in [-0.2, 0) is 4.84 Å². The zero-order valence-electron chi connectivity index (χ0n) is 15.5. The molecule has 0 fully saturated rings. The van der Waals surface area contributed by atoms with Crippen LogP contribution in [0.15, 0.2) is 30.5 Å². The highest BCUT2D eigenvalue weighted by Gasteiger charge is 2.33. The minimum atomic E-state index is -4.94. The minimum Gasteiger partial charge on any atom is -0.387 e. The molecule has 0 unspecified atom stereocenters. The van der Waals surface area contributed by atoms with Gasteiger partial charge in [0, 0.05) is 42.3 Å². The highest BCUT2D eigenvalue weighted by atomic mass is 35.5. The maximum atomic E-state index is 12.9. The van der Waals surface area contributed by atoms with Gasteiger partial charge >= 0.3 is 6.36 Å². The summed E-state index contributed by atoms with van der Waals surface area (Å²) in [4.78, 5) is 25.1. The second-order valence-corrected chi connectivity index (χ2v) is 6.59. The van der Waals surface area contributed by atoms with Crippen molar-refractivity contribution in [1.82, 2.24) is 15.4 Å². The second kappa shape index (κ2) is 7.80. The lowest BCUT2D eigenvalue weighted by Crippen LogP contribution is -2.21. The Bertz CT molecular complexity index is 1070. The molecule has 1 amide bonds. The van der Waals surface area contributed by atoms with Crippen LogP contribution in [0, 0.1) is 0 Å². The third-order valence-electron chi connectivity index (χ3n) is 4.02. The number of amides is 1. The van der Waals surface area contributed by atoms with Gasteiger partial charge in [-0.1, -0.05) is 11.6 Å². The Morgan fingerprint density at radius 3 is 2.59 bits per heavy atom. The van der Waals surface area contributed by atoms with Crippen molar-refractivity contribution in [3.05, 3.63) is 41.0 Å².